The van der Waals surface area contributed by atoms with Crippen LogP contribution in [0.2, 0.25) is 0 Å². The van der Waals surface area contributed by atoms with Crippen molar-refractivity contribution in [3.8, 4) is 17.6 Å². The van der Waals surface area contributed by atoms with Crippen LogP contribution in [0.25, 0.3) is 0 Å². The van der Waals surface area contributed by atoms with E-state index in [4.69, 9.17) is 4.74 Å². The van der Waals surface area contributed by atoms with Crippen molar-refractivity contribution >= 4 is 17.5 Å². The van der Waals surface area contributed by atoms with Gasteiger partial charge in [-0.2, -0.15) is 10.4 Å². The van der Waals surface area contributed by atoms with Gasteiger partial charge in [-0.1, -0.05) is 0 Å². The Hall–Kier alpha value is -3.94. The number of ether oxygens (including phenoxy) is 2. The summed E-state index contributed by atoms with van der Waals surface area (Å²) < 4.78 is 45.8. The van der Waals surface area contributed by atoms with E-state index >= 15 is 0 Å². The molecule has 11 heteroatoms. The van der Waals surface area contributed by atoms with Crippen LogP contribution in [0.3, 0.4) is 0 Å². The maximum absolute atomic E-state index is 12.2. The summed E-state index contributed by atoms with van der Waals surface area (Å²) in [6.45, 7) is 2.38. The Labute approximate surface area is 169 Å². The number of benzene rings is 1. The van der Waals surface area contributed by atoms with Gasteiger partial charge < -0.3 is 20.1 Å². The fourth-order valence-electron chi connectivity index (χ4n) is 2.44. The molecule has 0 saturated carbocycles. The number of nitriles is 1. The van der Waals surface area contributed by atoms with Crippen LogP contribution in [0.15, 0.2) is 42.5 Å². The lowest BCUT2D eigenvalue weighted by Crippen LogP contribution is -2.17. The quantitative estimate of drug-likeness (QED) is 0.472. The number of aryl methyl sites for hydroxylation is 1. The number of H-pyrrole nitrogens is 1. The van der Waals surface area contributed by atoms with Crippen LogP contribution in [0.1, 0.15) is 11.3 Å². The molecule has 30 heavy (non-hydrogen) atoms. The van der Waals surface area contributed by atoms with E-state index in [0.717, 1.165) is 17.8 Å². The van der Waals surface area contributed by atoms with Crippen LogP contribution in [0, 0.1) is 18.3 Å². The highest BCUT2D eigenvalue weighted by Gasteiger charge is 2.30. The lowest BCUT2D eigenvalue weighted by Gasteiger charge is -2.12. The fraction of sp³-hybridized carbons (Fsp3) is 0.211. The first kappa shape index (κ1) is 20.8. The Balaban J connectivity index is 1.53. The third-order valence-electron chi connectivity index (χ3n) is 3.70. The molecule has 156 valence electrons. The van der Waals surface area contributed by atoms with Gasteiger partial charge in [-0.05, 0) is 43.3 Å². The van der Waals surface area contributed by atoms with E-state index in [1.165, 1.54) is 12.1 Å². The van der Waals surface area contributed by atoms with Crippen molar-refractivity contribution in [1.29, 1.82) is 5.26 Å². The first-order chi connectivity index (χ1) is 14.3. The molecule has 0 aliphatic carbocycles. The Morgan fingerprint density at radius 2 is 1.83 bits per heavy atom. The average molecular weight is 418 g/mol. The first-order valence-corrected chi connectivity index (χ1v) is 8.75. The normalized spacial score (nSPS) is 10.9. The molecule has 0 bridgehead atoms. The summed E-state index contributed by atoms with van der Waals surface area (Å²) in [5, 5.41) is 22.2. The van der Waals surface area contributed by atoms with E-state index in [-0.39, 0.29) is 12.4 Å². The molecule has 0 radical (unpaired) electrons. The zero-order chi connectivity index (χ0) is 21.6. The highest BCUT2D eigenvalue weighted by Crippen LogP contribution is 2.24. The van der Waals surface area contributed by atoms with Gasteiger partial charge in [0, 0.05) is 11.8 Å². The van der Waals surface area contributed by atoms with Crippen molar-refractivity contribution in [2.45, 2.75) is 13.3 Å². The summed E-state index contributed by atoms with van der Waals surface area (Å²) in [4.78, 5) is 4.36. The number of pyridine rings is 1. The minimum Gasteiger partial charge on any atom is -0.492 e. The van der Waals surface area contributed by atoms with Crippen LogP contribution in [-0.2, 0) is 0 Å². The number of hydrogen-bond donors (Lipinski definition) is 3. The van der Waals surface area contributed by atoms with Gasteiger partial charge in [-0.3, -0.25) is 5.10 Å². The van der Waals surface area contributed by atoms with E-state index in [2.05, 4.69) is 36.6 Å². The van der Waals surface area contributed by atoms with Gasteiger partial charge in [-0.25, -0.2) is 4.98 Å². The summed E-state index contributed by atoms with van der Waals surface area (Å²) in [7, 11) is 0. The van der Waals surface area contributed by atoms with Crippen LogP contribution < -0.4 is 20.1 Å². The molecule has 0 aliphatic rings. The van der Waals surface area contributed by atoms with E-state index in [9.17, 15) is 18.4 Å². The van der Waals surface area contributed by atoms with Gasteiger partial charge in [0.25, 0.3) is 0 Å². The molecule has 0 amide bonds. The molecule has 8 nitrogen and oxygen atoms in total. The molecule has 3 N–H and O–H groups in total. The fourth-order valence-corrected chi connectivity index (χ4v) is 2.44. The van der Waals surface area contributed by atoms with Gasteiger partial charge >= 0.3 is 6.36 Å². The Morgan fingerprint density at radius 1 is 1.10 bits per heavy atom. The van der Waals surface area contributed by atoms with E-state index in [0.29, 0.717) is 35.3 Å². The van der Waals surface area contributed by atoms with E-state index in [1.807, 2.05) is 13.0 Å². The van der Waals surface area contributed by atoms with Crippen molar-refractivity contribution < 1.29 is 22.6 Å². The number of aromatic amines is 1. The molecule has 0 aliphatic heterocycles. The first-order valence-electron chi connectivity index (χ1n) is 8.75. The number of nitrogens with zero attached hydrogens (tertiary/aromatic N) is 3. The molecule has 1 aromatic carbocycles. The number of halogens is 3. The van der Waals surface area contributed by atoms with Gasteiger partial charge in [0.15, 0.2) is 5.82 Å². The van der Waals surface area contributed by atoms with Crippen molar-refractivity contribution in [2.75, 3.05) is 23.8 Å². The minimum absolute atomic E-state index is 0.197. The number of alkyl halides is 3. The van der Waals surface area contributed by atoms with Crippen molar-refractivity contribution in [3.05, 3.63) is 53.7 Å². The smallest absolute Gasteiger partial charge is 0.492 e. The maximum Gasteiger partial charge on any atom is 0.573 e. The Kier molecular flexibility index (Phi) is 6.26. The third kappa shape index (κ3) is 6.03. The standard InChI is InChI=1S/C19H17F3N6O2/c1-12-10-17(28-27-12)25-16-7-2-13(11-23)18(26-16)24-8-9-29-14-3-5-15(6-4-14)30-19(20,21)22/h2-7,10H,8-9H2,1H3,(H3,24,25,26,27,28). The predicted octanol–water partition coefficient (Wildman–Crippen LogP) is 4.12. The number of aromatic nitrogens is 3. The summed E-state index contributed by atoms with van der Waals surface area (Å²) in [6.07, 6.45) is -4.74. The molecule has 0 spiro atoms. The second kappa shape index (κ2) is 9.04. The highest BCUT2D eigenvalue weighted by molar-refractivity contribution is 5.60. The largest absolute Gasteiger partial charge is 0.573 e. The molecule has 0 saturated heterocycles. The van der Waals surface area contributed by atoms with Crippen LogP contribution >= 0.6 is 0 Å². The van der Waals surface area contributed by atoms with Crippen LogP contribution in [0.4, 0.5) is 30.6 Å². The maximum atomic E-state index is 12.2. The SMILES string of the molecule is Cc1cc(Nc2ccc(C#N)c(NCCOc3ccc(OC(F)(F)F)cc3)n2)n[nH]1. The third-order valence-corrected chi connectivity index (χ3v) is 3.70. The molecule has 3 aromatic rings. The summed E-state index contributed by atoms with van der Waals surface area (Å²) in [5.41, 5.74) is 1.24. The Bertz CT molecular complexity index is 1030. The average Bonchev–Trinajstić information content (AvgIpc) is 3.10. The number of nitrogens with one attached hydrogen (secondary N) is 3. The predicted molar refractivity (Wildman–Crippen MR) is 103 cm³/mol. The second-order valence-electron chi connectivity index (χ2n) is 6.06. The molecule has 0 fully saturated rings. The summed E-state index contributed by atoms with van der Waals surface area (Å²) in [6, 6.07) is 12.2. The van der Waals surface area contributed by atoms with Crippen molar-refractivity contribution in [2.24, 2.45) is 0 Å². The second-order valence-corrected chi connectivity index (χ2v) is 6.06. The molecular weight excluding hydrogens is 401 g/mol. The zero-order valence-corrected chi connectivity index (χ0v) is 15.7. The molecular formula is C19H17F3N6O2. The number of hydrogen-bond acceptors (Lipinski definition) is 7. The lowest BCUT2D eigenvalue weighted by atomic mass is 10.2. The molecule has 3 rings (SSSR count). The van der Waals surface area contributed by atoms with Gasteiger partial charge in [0.05, 0.1) is 12.1 Å². The summed E-state index contributed by atoms with van der Waals surface area (Å²) in [5.74, 6) is 1.52. The number of anilines is 3. The van der Waals surface area contributed by atoms with Gasteiger partial charge in [0.1, 0.15) is 35.8 Å². The lowest BCUT2D eigenvalue weighted by molar-refractivity contribution is -0.274. The van der Waals surface area contributed by atoms with Crippen molar-refractivity contribution in [1.82, 2.24) is 15.2 Å². The molecule has 2 heterocycles. The van der Waals surface area contributed by atoms with E-state index in [1.54, 1.807) is 12.1 Å². The summed E-state index contributed by atoms with van der Waals surface area (Å²) >= 11 is 0. The van der Waals surface area contributed by atoms with Gasteiger partial charge in [0.2, 0.25) is 0 Å². The highest BCUT2D eigenvalue weighted by atomic mass is 19.4. The van der Waals surface area contributed by atoms with E-state index < -0.39 is 6.36 Å². The number of rotatable bonds is 8. The topological polar surface area (TPSA) is 108 Å². The van der Waals surface area contributed by atoms with Crippen LogP contribution in [-0.4, -0.2) is 34.7 Å². The molecule has 0 atom stereocenters. The molecule has 2 aromatic heterocycles. The van der Waals surface area contributed by atoms with Crippen molar-refractivity contribution in [3.63, 3.8) is 0 Å². The molecule has 0 unspecified atom stereocenters. The monoisotopic (exact) mass is 418 g/mol. The Morgan fingerprint density at radius 3 is 2.47 bits per heavy atom. The zero-order valence-electron chi connectivity index (χ0n) is 15.7. The van der Waals surface area contributed by atoms with Crippen LogP contribution in [0.5, 0.6) is 11.5 Å². The minimum atomic E-state index is -4.74. The van der Waals surface area contributed by atoms with Gasteiger partial charge in [-0.15, -0.1) is 13.2 Å².